The first-order chi connectivity index (χ1) is 7.52. The van der Waals surface area contributed by atoms with Crippen molar-refractivity contribution in [3.63, 3.8) is 0 Å². The van der Waals surface area contributed by atoms with Crippen LogP contribution >= 0.6 is 0 Å². The molecule has 1 aromatic heterocycles. The highest BCUT2D eigenvalue weighted by atomic mass is 16.5. The minimum atomic E-state index is -0.495. The van der Waals surface area contributed by atoms with E-state index in [1.807, 2.05) is 0 Å². The molecule has 2 rings (SSSR count). The van der Waals surface area contributed by atoms with Crippen molar-refractivity contribution < 1.29 is 4.52 Å². The number of aromatic amines is 1. The van der Waals surface area contributed by atoms with E-state index in [0.29, 0.717) is 23.7 Å². The zero-order valence-electron chi connectivity index (χ0n) is 9.82. The largest absolute Gasteiger partial charge is 0.438 e. The molecule has 0 amide bonds. The first kappa shape index (κ1) is 11.4. The van der Waals surface area contributed by atoms with Gasteiger partial charge in [0.25, 0.3) is 0 Å². The van der Waals surface area contributed by atoms with Gasteiger partial charge in [-0.2, -0.15) is 0 Å². The number of nitrogens with zero attached hydrogens (tertiary/aromatic N) is 1. The monoisotopic (exact) mass is 225 g/mol. The number of H-pyrrole nitrogens is 1. The van der Waals surface area contributed by atoms with Gasteiger partial charge in [0.1, 0.15) is 0 Å². The second-order valence-corrected chi connectivity index (χ2v) is 5.49. The Balaban J connectivity index is 2.15. The molecule has 0 aromatic carbocycles. The molecule has 1 heterocycles. The van der Waals surface area contributed by atoms with Crippen LogP contribution in [0, 0.1) is 11.3 Å². The molecule has 0 radical (unpaired) electrons. The molecule has 5 nitrogen and oxygen atoms in total. The molecular weight excluding hydrogens is 206 g/mol. The van der Waals surface area contributed by atoms with Gasteiger partial charge in [-0.25, -0.2) is 4.79 Å². The molecule has 0 bridgehead atoms. The van der Waals surface area contributed by atoms with Crippen molar-refractivity contribution in [2.24, 2.45) is 17.1 Å². The van der Waals surface area contributed by atoms with Crippen molar-refractivity contribution in [3.8, 4) is 0 Å². The summed E-state index contributed by atoms with van der Waals surface area (Å²) in [6.07, 6.45) is 3.48. The maximum absolute atomic E-state index is 10.9. The molecular formula is C11H19N3O2. The van der Waals surface area contributed by atoms with Crippen LogP contribution < -0.4 is 11.5 Å². The van der Waals surface area contributed by atoms with E-state index in [1.54, 1.807) is 0 Å². The summed E-state index contributed by atoms with van der Waals surface area (Å²) in [4.78, 5) is 13.5. The van der Waals surface area contributed by atoms with Crippen molar-refractivity contribution in [3.05, 3.63) is 16.4 Å². The fourth-order valence-corrected chi connectivity index (χ4v) is 2.76. The normalized spacial score (nSPS) is 25.8. The highest BCUT2D eigenvalue weighted by Gasteiger charge is 2.36. The van der Waals surface area contributed by atoms with Gasteiger partial charge in [0.2, 0.25) is 0 Å². The van der Waals surface area contributed by atoms with Crippen LogP contribution in [0.15, 0.2) is 9.32 Å². The highest BCUT2D eigenvalue weighted by molar-refractivity contribution is 5.00. The lowest BCUT2D eigenvalue weighted by Gasteiger charge is -2.21. The van der Waals surface area contributed by atoms with Gasteiger partial charge in [-0.05, 0) is 30.6 Å². The smallest absolute Gasteiger partial charge is 0.330 e. The van der Waals surface area contributed by atoms with Crippen LogP contribution in [0.4, 0.5) is 0 Å². The van der Waals surface area contributed by atoms with Crippen molar-refractivity contribution in [2.75, 3.05) is 6.54 Å². The van der Waals surface area contributed by atoms with Gasteiger partial charge >= 0.3 is 5.76 Å². The summed E-state index contributed by atoms with van der Waals surface area (Å²) < 4.78 is 4.54. The molecule has 0 saturated heterocycles. The second-order valence-electron chi connectivity index (χ2n) is 5.49. The van der Waals surface area contributed by atoms with E-state index >= 15 is 0 Å². The van der Waals surface area contributed by atoms with Crippen LogP contribution in [0.5, 0.6) is 0 Å². The van der Waals surface area contributed by atoms with E-state index in [2.05, 4.69) is 28.5 Å². The molecule has 3 N–H and O–H groups in total. The lowest BCUT2D eigenvalue weighted by Crippen LogP contribution is -2.22. The minimum Gasteiger partial charge on any atom is -0.330 e. The Morgan fingerprint density at radius 3 is 2.88 bits per heavy atom. The van der Waals surface area contributed by atoms with Crippen molar-refractivity contribution >= 4 is 0 Å². The number of hydrogen-bond donors (Lipinski definition) is 2. The van der Waals surface area contributed by atoms with E-state index in [9.17, 15) is 4.79 Å². The lowest BCUT2D eigenvalue weighted by atomic mass is 9.85. The van der Waals surface area contributed by atoms with Crippen molar-refractivity contribution in [2.45, 2.75) is 39.0 Å². The zero-order chi connectivity index (χ0) is 11.8. The highest BCUT2D eigenvalue weighted by Crippen LogP contribution is 2.45. The fourth-order valence-electron chi connectivity index (χ4n) is 2.76. The predicted octanol–water partition coefficient (Wildman–Crippen LogP) is 1.23. The Morgan fingerprint density at radius 1 is 1.69 bits per heavy atom. The van der Waals surface area contributed by atoms with Crippen molar-refractivity contribution in [1.29, 1.82) is 0 Å². The molecule has 5 heteroatoms. The van der Waals surface area contributed by atoms with E-state index in [-0.39, 0.29) is 5.92 Å². The third kappa shape index (κ3) is 2.19. The molecule has 1 aliphatic carbocycles. The summed E-state index contributed by atoms with van der Waals surface area (Å²) in [5, 5.41) is 3.76. The van der Waals surface area contributed by atoms with Gasteiger partial charge in [0.05, 0.1) is 0 Å². The number of hydrogen-bond acceptors (Lipinski definition) is 4. The van der Waals surface area contributed by atoms with Gasteiger partial charge in [-0.3, -0.25) is 9.51 Å². The SMILES string of the molecule is CC1(C)CCC([C@H](CN)c2noc(=O)[nH]2)C1. The Morgan fingerprint density at radius 2 is 2.44 bits per heavy atom. The van der Waals surface area contributed by atoms with Crippen LogP contribution in [0.25, 0.3) is 0 Å². The molecule has 0 spiro atoms. The molecule has 0 aliphatic heterocycles. The van der Waals surface area contributed by atoms with Gasteiger partial charge in [-0.15, -0.1) is 0 Å². The van der Waals surface area contributed by atoms with Gasteiger partial charge in [-0.1, -0.05) is 19.0 Å². The predicted molar refractivity (Wildman–Crippen MR) is 60.0 cm³/mol. The number of nitrogens with one attached hydrogen (secondary N) is 1. The van der Waals surface area contributed by atoms with E-state index < -0.39 is 5.76 Å². The van der Waals surface area contributed by atoms with Crippen LogP contribution in [0.1, 0.15) is 44.9 Å². The summed E-state index contributed by atoms with van der Waals surface area (Å²) in [6.45, 7) is 5.04. The molecule has 1 aliphatic rings. The Hall–Kier alpha value is -1.10. The van der Waals surface area contributed by atoms with E-state index in [1.165, 1.54) is 6.42 Å². The topological polar surface area (TPSA) is 84.9 Å². The van der Waals surface area contributed by atoms with Gasteiger partial charge in [0.15, 0.2) is 5.82 Å². The maximum Gasteiger partial charge on any atom is 0.438 e. The standard InChI is InChI=1S/C11H19N3O2/c1-11(2)4-3-7(5-11)8(6-12)9-13-10(15)16-14-9/h7-8H,3-6,12H2,1-2H3,(H,13,14,15)/t7?,8-/m0/s1. The van der Waals surface area contributed by atoms with Crippen LogP contribution in [0.3, 0.4) is 0 Å². The first-order valence-electron chi connectivity index (χ1n) is 5.78. The molecule has 1 fully saturated rings. The third-order valence-electron chi connectivity index (χ3n) is 3.64. The average Bonchev–Trinajstić information content (AvgIpc) is 2.75. The van der Waals surface area contributed by atoms with Crippen LogP contribution in [0.2, 0.25) is 0 Å². The number of nitrogens with two attached hydrogens (primary N) is 1. The summed E-state index contributed by atoms with van der Waals surface area (Å²) in [6, 6.07) is 0. The molecule has 1 aromatic rings. The van der Waals surface area contributed by atoms with Gasteiger partial charge < -0.3 is 5.73 Å². The molecule has 90 valence electrons. The Labute approximate surface area is 94.4 Å². The summed E-state index contributed by atoms with van der Waals surface area (Å²) in [5.41, 5.74) is 6.16. The summed E-state index contributed by atoms with van der Waals surface area (Å²) in [5.74, 6) is 0.731. The maximum atomic E-state index is 10.9. The number of rotatable bonds is 3. The third-order valence-corrected chi connectivity index (χ3v) is 3.64. The van der Waals surface area contributed by atoms with Gasteiger partial charge in [0, 0.05) is 12.5 Å². The molecule has 1 unspecified atom stereocenters. The zero-order valence-corrected chi connectivity index (χ0v) is 9.82. The second kappa shape index (κ2) is 4.05. The Bertz CT molecular complexity index is 407. The summed E-state index contributed by atoms with van der Waals surface area (Å²) in [7, 11) is 0. The molecule has 16 heavy (non-hydrogen) atoms. The first-order valence-corrected chi connectivity index (χ1v) is 5.78. The average molecular weight is 225 g/mol. The number of aromatic nitrogens is 2. The van der Waals surface area contributed by atoms with Crippen LogP contribution in [-0.4, -0.2) is 16.7 Å². The van der Waals surface area contributed by atoms with Crippen LogP contribution in [-0.2, 0) is 0 Å². The summed E-state index contributed by atoms with van der Waals surface area (Å²) >= 11 is 0. The van der Waals surface area contributed by atoms with E-state index in [0.717, 1.165) is 12.8 Å². The molecule has 1 saturated carbocycles. The van der Waals surface area contributed by atoms with E-state index in [4.69, 9.17) is 5.73 Å². The molecule has 2 atom stereocenters. The quantitative estimate of drug-likeness (QED) is 0.810. The minimum absolute atomic E-state index is 0.119. The lowest BCUT2D eigenvalue weighted by molar-refractivity contribution is 0.326. The Kier molecular flexibility index (Phi) is 2.88. The van der Waals surface area contributed by atoms with Crippen molar-refractivity contribution in [1.82, 2.24) is 10.1 Å². The fraction of sp³-hybridized carbons (Fsp3) is 0.818.